The van der Waals surface area contributed by atoms with Gasteiger partial charge in [0.15, 0.2) is 0 Å². The minimum absolute atomic E-state index is 0.163. The van der Waals surface area contributed by atoms with Crippen LogP contribution in [0.3, 0.4) is 0 Å². The van der Waals surface area contributed by atoms with E-state index in [1.54, 1.807) is 0 Å². The number of carbonyl (C=O) groups excluding carboxylic acids is 1. The van der Waals surface area contributed by atoms with Crippen LogP contribution < -0.4 is 5.73 Å². The summed E-state index contributed by atoms with van der Waals surface area (Å²) in [5.41, 5.74) is 5.39. The average Bonchev–Trinajstić information content (AvgIpc) is 2.83. The summed E-state index contributed by atoms with van der Waals surface area (Å²) < 4.78 is 15.8. The lowest BCUT2D eigenvalue weighted by Gasteiger charge is -2.28. The van der Waals surface area contributed by atoms with Crippen LogP contribution in [0.1, 0.15) is 45.4 Å². The Balaban J connectivity index is 2.13. The van der Waals surface area contributed by atoms with Crippen molar-refractivity contribution in [2.75, 3.05) is 33.5 Å². The lowest BCUT2D eigenvalue weighted by molar-refractivity contribution is -0.148. The molecule has 2 N–H and O–H groups in total. The van der Waals surface area contributed by atoms with Gasteiger partial charge in [-0.2, -0.15) is 0 Å². The molecule has 2 unspecified atom stereocenters. The van der Waals surface area contributed by atoms with E-state index in [4.69, 9.17) is 19.9 Å². The SMILES string of the molecule is CCCCOCCOCCC1CCCC1(N)C(=O)OC. The molecule has 0 amide bonds. The summed E-state index contributed by atoms with van der Waals surface area (Å²) >= 11 is 0. The molecule has 1 saturated carbocycles. The molecule has 1 fully saturated rings. The Morgan fingerprint density at radius 2 is 1.95 bits per heavy atom. The zero-order valence-corrected chi connectivity index (χ0v) is 12.9. The number of carbonyl (C=O) groups is 1. The monoisotopic (exact) mass is 287 g/mol. The third-order valence-electron chi connectivity index (χ3n) is 4.06. The first-order chi connectivity index (χ1) is 9.65. The van der Waals surface area contributed by atoms with Gasteiger partial charge in [0.25, 0.3) is 0 Å². The van der Waals surface area contributed by atoms with Crippen LogP contribution in [-0.2, 0) is 19.0 Å². The summed E-state index contributed by atoms with van der Waals surface area (Å²) in [7, 11) is 1.40. The van der Waals surface area contributed by atoms with Gasteiger partial charge in [-0.15, -0.1) is 0 Å². The van der Waals surface area contributed by atoms with Crippen molar-refractivity contribution in [1.82, 2.24) is 0 Å². The maximum Gasteiger partial charge on any atom is 0.326 e. The highest BCUT2D eigenvalue weighted by atomic mass is 16.5. The second-order valence-electron chi connectivity index (χ2n) is 5.49. The van der Waals surface area contributed by atoms with E-state index in [9.17, 15) is 4.79 Å². The minimum Gasteiger partial charge on any atom is -0.468 e. The molecule has 5 heteroatoms. The van der Waals surface area contributed by atoms with Crippen molar-refractivity contribution in [1.29, 1.82) is 0 Å². The molecule has 20 heavy (non-hydrogen) atoms. The van der Waals surface area contributed by atoms with Gasteiger partial charge >= 0.3 is 5.97 Å². The maximum atomic E-state index is 11.8. The highest BCUT2D eigenvalue weighted by Crippen LogP contribution is 2.36. The van der Waals surface area contributed by atoms with E-state index in [1.165, 1.54) is 7.11 Å². The third-order valence-corrected chi connectivity index (χ3v) is 4.06. The first-order valence-corrected chi connectivity index (χ1v) is 7.68. The molecule has 0 aliphatic heterocycles. The normalized spacial score (nSPS) is 25.9. The largest absolute Gasteiger partial charge is 0.468 e. The van der Waals surface area contributed by atoms with Crippen molar-refractivity contribution in [2.45, 2.75) is 51.0 Å². The number of hydrogen-bond acceptors (Lipinski definition) is 5. The van der Waals surface area contributed by atoms with Gasteiger partial charge in [-0.3, -0.25) is 4.79 Å². The Labute approximate surface area is 122 Å². The van der Waals surface area contributed by atoms with Gasteiger partial charge in [0.05, 0.1) is 20.3 Å². The van der Waals surface area contributed by atoms with E-state index in [2.05, 4.69) is 6.92 Å². The molecule has 2 atom stereocenters. The fraction of sp³-hybridized carbons (Fsp3) is 0.933. The topological polar surface area (TPSA) is 70.8 Å². The van der Waals surface area contributed by atoms with E-state index in [0.717, 1.165) is 38.7 Å². The first-order valence-electron chi connectivity index (χ1n) is 7.68. The third kappa shape index (κ3) is 5.04. The number of ether oxygens (including phenoxy) is 3. The molecule has 1 rings (SSSR count). The van der Waals surface area contributed by atoms with E-state index in [-0.39, 0.29) is 11.9 Å². The predicted octanol–water partition coefficient (Wildman–Crippen LogP) is 1.88. The number of unbranched alkanes of at least 4 members (excludes halogenated alkanes) is 1. The molecule has 1 aliphatic rings. The predicted molar refractivity (Wildman–Crippen MR) is 77.4 cm³/mol. The van der Waals surface area contributed by atoms with E-state index in [1.807, 2.05) is 0 Å². The van der Waals surface area contributed by atoms with Crippen LogP contribution in [-0.4, -0.2) is 45.0 Å². The van der Waals surface area contributed by atoms with Crippen LogP contribution in [0.2, 0.25) is 0 Å². The summed E-state index contributed by atoms with van der Waals surface area (Å²) in [4.78, 5) is 11.8. The van der Waals surface area contributed by atoms with Crippen molar-refractivity contribution < 1.29 is 19.0 Å². The van der Waals surface area contributed by atoms with Crippen molar-refractivity contribution >= 4 is 5.97 Å². The van der Waals surface area contributed by atoms with E-state index in [0.29, 0.717) is 26.2 Å². The molecule has 1 aliphatic carbocycles. The molecule has 118 valence electrons. The van der Waals surface area contributed by atoms with Crippen LogP contribution in [0.15, 0.2) is 0 Å². The summed E-state index contributed by atoms with van der Waals surface area (Å²) in [6.07, 6.45) is 5.72. The van der Waals surface area contributed by atoms with Gasteiger partial charge in [0.1, 0.15) is 5.54 Å². The van der Waals surface area contributed by atoms with Crippen molar-refractivity contribution in [3.8, 4) is 0 Å². The summed E-state index contributed by atoms with van der Waals surface area (Å²) in [6.45, 7) is 4.80. The molecular formula is C15H29NO4. The fourth-order valence-electron chi connectivity index (χ4n) is 2.76. The number of rotatable bonds is 10. The first kappa shape index (κ1) is 17.4. The summed E-state index contributed by atoms with van der Waals surface area (Å²) in [6, 6.07) is 0. The average molecular weight is 287 g/mol. The highest BCUT2D eigenvalue weighted by Gasteiger charge is 2.46. The molecule has 0 heterocycles. The molecule has 0 saturated heterocycles. The standard InChI is InChI=1S/C15H29NO4/c1-3-4-9-19-11-12-20-10-7-13-6-5-8-15(13,16)14(17)18-2/h13H,3-12,16H2,1-2H3. The second kappa shape index (κ2) is 9.32. The highest BCUT2D eigenvalue weighted by molar-refractivity contribution is 5.81. The van der Waals surface area contributed by atoms with Crippen molar-refractivity contribution in [2.24, 2.45) is 11.7 Å². The quantitative estimate of drug-likeness (QED) is 0.491. The molecule has 0 aromatic carbocycles. The Morgan fingerprint density at radius 3 is 2.60 bits per heavy atom. The van der Waals surface area contributed by atoms with Gasteiger partial charge in [0.2, 0.25) is 0 Å². The van der Waals surface area contributed by atoms with Crippen LogP contribution in [0.5, 0.6) is 0 Å². The maximum absolute atomic E-state index is 11.8. The lowest BCUT2D eigenvalue weighted by atomic mass is 9.86. The zero-order valence-electron chi connectivity index (χ0n) is 12.9. The van der Waals surface area contributed by atoms with Gasteiger partial charge in [-0.1, -0.05) is 19.8 Å². The lowest BCUT2D eigenvalue weighted by Crippen LogP contribution is -2.51. The number of hydrogen-bond donors (Lipinski definition) is 1. The van der Waals surface area contributed by atoms with Gasteiger partial charge in [-0.05, 0) is 31.6 Å². The molecule has 0 bridgehead atoms. The second-order valence-corrected chi connectivity index (χ2v) is 5.49. The minimum atomic E-state index is -0.810. The number of nitrogens with two attached hydrogens (primary N) is 1. The molecule has 5 nitrogen and oxygen atoms in total. The van der Waals surface area contributed by atoms with E-state index < -0.39 is 5.54 Å². The Hall–Kier alpha value is -0.650. The van der Waals surface area contributed by atoms with Crippen molar-refractivity contribution in [3.63, 3.8) is 0 Å². The molecule has 0 aromatic heterocycles. The van der Waals surface area contributed by atoms with Crippen molar-refractivity contribution in [3.05, 3.63) is 0 Å². The Bertz CT molecular complexity index is 285. The molecule has 0 aromatic rings. The van der Waals surface area contributed by atoms with Crippen LogP contribution in [0.4, 0.5) is 0 Å². The summed E-state index contributed by atoms with van der Waals surface area (Å²) in [5, 5.41) is 0. The van der Waals surface area contributed by atoms with Crippen LogP contribution >= 0.6 is 0 Å². The van der Waals surface area contributed by atoms with E-state index >= 15 is 0 Å². The zero-order chi connectivity index (χ0) is 14.8. The molecular weight excluding hydrogens is 258 g/mol. The van der Waals surface area contributed by atoms with Gasteiger partial charge < -0.3 is 19.9 Å². The number of esters is 1. The molecule has 0 radical (unpaired) electrons. The fourth-order valence-corrected chi connectivity index (χ4v) is 2.76. The van der Waals surface area contributed by atoms with Crippen LogP contribution in [0, 0.1) is 5.92 Å². The Kier molecular flexibility index (Phi) is 8.11. The van der Waals surface area contributed by atoms with Crippen LogP contribution in [0.25, 0.3) is 0 Å². The van der Waals surface area contributed by atoms with Gasteiger partial charge in [-0.25, -0.2) is 0 Å². The summed E-state index contributed by atoms with van der Waals surface area (Å²) in [5.74, 6) is -0.126. The van der Waals surface area contributed by atoms with Gasteiger partial charge in [0, 0.05) is 13.2 Å². The Morgan fingerprint density at radius 1 is 1.25 bits per heavy atom. The molecule has 0 spiro atoms. The number of methoxy groups -OCH3 is 1. The smallest absolute Gasteiger partial charge is 0.326 e.